The van der Waals surface area contributed by atoms with Crippen molar-refractivity contribution in [1.29, 1.82) is 5.41 Å². The number of fused-ring (bicyclic) bond motifs is 1. The molecule has 1 amide bonds. The lowest BCUT2D eigenvalue weighted by atomic mass is 9.94. The van der Waals surface area contributed by atoms with Gasteiger partial charge in [-0.05, 0) is 56.8 Å². The molecule has 2 aromatic carbocycles. The number of carbonyl (C=O) groups excluding carboxylic acids is 1. The monoisotopic (exact) mass is 422 g/mol. The lowest BCUT2D eigenvalue weighted by molar-refractivity contribution is -0.121. The third kappa shape index (κ3) is 5.64. The SMILES string of the molecule is Cc1ccc2c(c1)CC(C(=O)Nc1ccc(/C(C=N)=C/N)cc1OCCN(C)C)CO2. The summed E-state index contributed by atoms with van der Waals surface area (Å²) in [5.41, 5.74) is 9.73. The van der Waals surface area contributed by atoms with Crippen LogP contribution in [0.2, 0.25) is 0 Å². The van der Waals surface area contributed by atoms with Gasteiger partial charge in [0.15, 0.2) is 0 Å². The van der Waals surface area contributed by atoms with Gasteiger partial charge < -0.3 is 30.8 Å². The van der Waals surface area contributed by atoms with E-state index in [2.05, 4.69) is 11.4 Å². The second-order valence-electron chi connectivity index (χ2n) is 7.94. The van der Waals surface area contributed by atoms with E-state index in [0.29, 0.717) is 36.6 Å². The van der Waals surface area contributed by atoms with Gasteiger partial charge in [-0.2, -0.15) is 0 Å². The van der Waals surface area contributed by atoms with Crippen molar-refractivity contribution in [2.75, 3.05) is 39.2 Å². The molecule has 0 saturated carbocycles. The number of anilines is 1. The van der Waals surface area contributed by atoms with Gasteiger partial charge in [0.25, 0.3) is 0 Å². The summed E-state index contributed by atoms with van der Waals surface area (Å²) in [6.07, 6.45) is 3.20. The normalized spacial score (nSPS) is 15.7. The molecular formula is C24H30N4O3. The molecule has 0 radical (unpaired) electrons. The Morgan fingerprint density at radius 1 is 1.32 bits per heavy atom. The number of benzene rings is 2. The van der Waals surface area contributed by atoms with E-state index in [1.165, 1.54) is 12.4 Å². The van der Waals surface area contributed by atoms with E-state index in [9.17, 15) is 4.79 Å². The fourth-order valence-corrected chi connectivity index (χ4v) is 3.42. The lowest BCUT2D eigenvalue weighted by Crippen LogP contribution is -2.32. The van der Waals surface area contributed by atoms with Gasteiger partial charge in [0, 0.05) is 24.5 Å². The van der Waals surface area contributed by atoms with Gasteiger partial charge in [-0.15, -0.1) is 0 Å². The Balaban J connectivity index is 1.78. The molecule has 0 saturated heterocycles. The van der Waals surface area contributed by atoms with Crippen LogP contribution in [0.1, 0.15) is 16.7 Å². The summed E-state index contributed by atoms with van der Waals surface area (Å²) in [6.45, 7) is 3.56. The Morgan fingerprint density at radius 3 is 2.84 bits per heavy atom. The highest BCUT2D eigenvalue weighted by molar-refractivity contribution is 6.08. The van der Waals surface area contributed by atoms with E-state index in [-0.39, 0.29) is 11.8 Å². The van der Waals surface area contributed by atoms with Crippen LogP contribution in [-0.2, 0) is 11.2 Å². The number of amides is 1. The van der Waals surface area contributed by atoms with Crippen LogP contribution < -0.4 is 20.5 Å². The average molecular weight is 423 g/mol. The summed E-state index contributed by atoms with van der Waals surface area (Å²) in [6, 6.07) is 11.4. The van der Waals surface area contributed by atoms with Crippen LogP contribution in [0, 0.1) is 18.3 Å². The van der Waals surface area contributed by atoms with Gasteiger partial charge >= 0.3 is 0 Å². The number of nitrogens with one attached hydrogen (secondary N) is 2. The topological polar surface area (TPSA) is 101 Å². The van der Waals surface area contributed by atoms with Crippen molar-refractivity contribution in [3.8, 4) is 11.5 Å². The van der Waals surface area contributed by atoms with Crippen LogP contribution in [-0.4, -0.2) is 50.9 Å². The highest BCUT2D eigenvalue weighted by Gasteiger charge is 2.27. The predicted molar refractivity (Wildman–Crippen MR) is 124 cm³/mol. The summed E-state index contributed by atoms with van der Waals surface area (Å²) in [4.78, 5) is 15.0. The first kappa shape index (κ1) is 22.4. The molecule has 164 valence electrons. The molecule has 7 heteroatoms. The second kappa shape index (κ2) is 10.1. The molecule has 2 aromatic rings. The molecule has 0 aliphatic carbocycles. The molecule has 1 unspecified atom stereocenters. The first-order valence-corrected chi connectivity index (χ1v) is 10.3. The van der Waals surface area contributed by atoms with Crippen molar-refractivity contribution in [2.24, 2.45) is 11.7 Å². The van der Waals surface area contributed by atoms with Crippen LogP contribution in [0.5, 0.6) is 11.5 Å². The van der Waals surface area contributed by atoms with E-state index in [1.54, 1.807) is 12.1 Å². The molecule has 0 spiro atoms. The number of ether oxygens (including phenoxy) is 2. The molecule has 0 bridgehead atoms. The summed E-state index contributed by atoms with van der Waals surface area (Å²) in [5.74, 6) is 0.991. The number of likely N-dealkylation sites (N-methyl/N-ethyl adjacent to an activating group) is 1. The molecular weight excluding hydrogens is 392 g/mol. The minimum atomic E-state index is -0.287. The number of hydrogen-bond acceptors (Lipinski definition) is 6. The van der Waals surface area contributed by atoms with E-state index >= 15 is 0 Å². The van der Waals surface area contributed by atoms with E-state index < -0.39 is 0 Å². The number of allylic oxidation sites excluding steroid dienone is 1. The van der Waals surface area contributed by atoms with Crippen LogP contribution >= 0.6 is 0 Å². The fourth-order valence-electron chi connectivity index (χ4n) is 3.42. The minimum absolute atomic E-state index is 0.112. The zero-order chi connectivity index (χ0) is 22.4. The first-order chi connectivity index (χ1) is 14.9. The number of nitrogens with zero attached hydrogens (tertiary/aromatic N) is 1. The number of hydrogen-bond donors (Lipinski definition) is 3. The third-order valence-electron chi connectivity index (χ3n) is 5.20. The summed E-state index contributed by atoms with van der Waals surface area (Å²) < 4.78 is 11.8. The zero-order valence-electron chi connectivity index (χ0n) is 18.3. The van der Waals surface area contributed by atoms with E-state index in [1.807, 2.05) is 44.1 Å². The predicted octanol–water partition coefficient (Wildman–Crippen LogP) is 3.07. The molecule has 31 heavy (non-hydrogen) atoms. The number of nitrogens with two attached hydrogens (primary N) is 1. The minimum Gasteiger partial charge on any atom is -0.492 e. The van der Waals surface area contributed by atoms with Crippen molar-refractivity contribution >= 4 is 23.4 Å². The first-order valence-electron chi connectivity index (χ1n) is 10.3. The Bertz CT molecular complexity index is 985. The van der Waals surface area contributed by atoms with Crippen LogP contribution in [0.3, 0.4) is 0 Å². The maximum atomic E-state index is 13.0. The van der Waals surface area contributed by atoms with Crippen molar-refractivity contribution in [3.63, 3.8) is 0 Å². The van der Waals surface area contributed by atoms with Gasteiger partial charge in [-0.3, -0.25) is 4.79 Å². The Hall–Kier alpha value is -3.32. The smallest absolute Gasteiger partial charge is 0.231 e. The largest absolute Gasteiger partial charge is 0.492 e. The summed E-state index contributed by atoms with van der Waals surface area (Å²) in [5, 5.41) is 10.5. The maximum absolute atomic E-state index is 13.0. The number of aryl methyl sites for hydroxylation is 1. The Morgan fingerprint density at radius 2 is 2.13 bits per heavy atom. The van der Waals surface area contributed by atoms with Crippen LogP contribution in [0.15, 0.2) is 42.6 Å². The molecule has 4 N–H and O–H groups in total. The fraction of sp³-hybridized carbons (Fsp3) is 0.333. The highest BCUT2D eigenvalue weighted by atomic mass is 16.5. The quantitative estimate of drug-likeness (QED) is 0.568. The Kier molecular flexibility index (Phi) is 7.31. The van der Waals surface area contributed by atoms with Crippen molar-refractivity contribution in [2.45, 2.75) is 13.3 Å². The molecule has 1 heterocycles. The second-order valence-corrected chi connectivity index (χ2v) is 7.94. The average Bonchev–Trinajstić information content (AvgIpc) is 2.75. The van der Waals surface area contributed by atoms with Crippen LogP contribution in [0.25, 0.3) is 5.57 Å². The van der Waals surface area contributed by atoms with E-state index in [4.69, 9.17) is 20.6 Å². The van der Waals surface area contributed by atoms with Gasteiger partial charge in [0.1, 0.15) is 24.7 Å². The van der Waals surface area contributed by atoms with Gasteiger partial charge in [0.05, 0.1) is 11.6 Å². The summed E-state index contributed by atoms with van der Waals surface area (Å²) >= 11 is 0. The lowest BCUT2D eigenvalue weighted by Gasteiger charge is -2.25. The molecule has 0 aromatic heterocycles. The van der Waals surface area contributed by atoms with Crippen molar-refractivity contribution in [3.05, 3.63) is 59.3 Å². The maximum Gasteiger partial charge on any atom is 0.231 e. The molecule has 0 fully saturated rings. The highest BCUT2D eigenvalue weighted by Crippen LogP contribution is 2.31. The molecule has 7 nitrogen and oxygen atoms in total. The summed E-state index contributed by atoms with van der Waals surface area (Å²) in [7, 11) is 3.94. The van der Waals surface area contributed by atoms with E-state index in [0.717, 1.165) is 29.0 Å². The number of rotatable bonds is 8. The molecule has 3 rings (SSSR count). The van der Waals surface area contributed by atoms with Crippen LogP contribution in [0.4, 0.5) is 5.69 Å². The van der Waals surface area contributed by atoms with Gasteiger partial charge in [-0.25, -0.2) is 0 Å². The Labute approximate surface area is 183 Å². The van der Waals surface area contributed by atoms with Gasteiger partial charge in [-0.1, -0.05) is 23.8 Å². The molecule has 1 aliphatic rings. The number of carbonyl (C=O) groups is 1. The van der Waals surface area contributed by atoms with Crippen molar-refractivity contribution < 1.29 is 14.3 Å². The standard InChI is InChI=1S/C24H30N4O3/c1-16-4-7-22-18(10-16)11-19(15-31-22)24(29)27-21-6-5-17(20(13-25)14-26)12-23(21)30-9-8-28(2)3/h4-7,10,12-14,19,25H,8-9,11,15,26H2,1-3H3,(H,27,29)/b20-14+,25-13?. The molecule has 1 atom stereocenters. The van der Waals surface area contributed by atoms with Crippen molar-refractivity contribution in [1.82, 2.24) is 4.90 Å². The third-order valence-corrected chi connectivity index (χ3v) is 5.20. The van der Waals surface area contributed by atoms with Gasteiger partial charge in [0.2, 0.25) is 5.91 Å². The molecule has 1 aliphatic heterocycles. The zero-order valence-corrected chi connectivity index (χ0v) is 18.3.